The highest BCUT2D eigenvalue weighted by molar-refractivity contribution is 7.98. The maximum atomic E-state index is 13.7. The molecule has 202 valence electrons. The molecule has 2 aromatic carbocycles. The highest BCUT2D eigenvalue weighted by atomic mass is 35.5. The van der Waals surface area contributed by atoms with Crippen LogP contribution < -0.4 is 9.62 Å². The van der Waals surface area contributed by atoms with Gasteiger partial charge in [-0.2, -0.15) is 16.5 Å². The molecule has 11 heteroatoms. The summed E-state index contributed by atoms with van der Waals surface area (Å²) in [4.78, 5) is 24.6. The maximum absolute atomic E-state index is 13.7. The van der Waals surface area contributed by atoms with Gasteiger partial charge in [0, 0.05) is 67.0 Å². The lowest BCUT2D eigenvalue weighted by molar-refractivity contribution is -0.133. The van der Waals surface area contributed by atoms with E-state index in [-0.39, 0.29) is 23.2 Å². The van der Waals surface area contributed by atoms with Gasteiger partial charge in [0.1, 0.15) is 6.04 Å². The molecule has 4 rings (SSSR count). The molecule has 37 heavy (non-hydrogen) atoms. The van der Waals surface area contributed by atoms with Gasteiger partial charge in [-0.25, -0.2) is 13.4 Å². The molecule has 8 nitrogen and oxygen atoms in total. The number of aromatic amines is 1. The van der Waals surface area contributed by atoms with Crippen molar-refractivity contribution in [2.75, 3.05) is 37.8 Å². The molecule has 0 saturated carbocycles. The zero-order chi connectivity index (χ0) is 25.7. The molecular weight excluding hydrogens is 530 g/mol. The van der Waals surface area contributed by atoms with Gasteiger partial charge in [-0.1, -0.05) is 37.6 Å². The predicted octanol–water partition coefficient (Wildman–Crippen LogP) is 4.28. The molecule has 2 heterocycles. The van der Waals surface area contributed by atoms with Gasteiger partial charge in [-0.15, -0.1) is 12.4 Å². The minimum absolute atomic E-state index is 0. The SMILES string of the molecule is CCC1CCN(C(=O)[C@H](CSCc2cnc[nH]2)NS(=O)(=O)c2cccc3c(N(C)C)cccc23)CC1.Cl. The van der Waals surface area contributed by atoms with Crippen LogP contribution in [0.3, 0.4) is 0 Å². The number of sulfonamides is 1. The van der Waals surface area contributed by atoms with Crippen molar-refractivity contribution in [2.24, 2.45) is 5.92 Å². The van der Waals surface area contributed by atoms with Crippen LogP contribution >= 0.6 is 24.2 Å². The van der Waals surface area contributed by atoms with Crippen molar-refractivity contribution in [3.63, 3.8) is 0 Å². The van der Waals surface area contributed by atoms with Gasteiger partial charge in [0.25, 0.3) is 0 Å². The molecule has 1 saturated heterocycles. The number of H-pyrrole nitrogens is 1. The van der Waals surface area contributed by atoms with Crippen LogP contribution in [0.4, 0.5) is 5.69 Å². The largest absolute Gasteiger partial charge is 0.377 e. The number of thioether (sulfide) groups is 1. The molecule has 3 aromatic rings. The number of nitrogens with zero attached hydrogens (tertiary/aromatic N) is 3. The summed E-state index contributed by atoms with van der Waals surface area (Å²) < 4.78 is 30.2. The first-order chi connectivity index (χ1) is 17.3. The number of rotatable bonds is 10. The third-order valence-corrected chi connectivity index (χ3v) is 9.44. The van der Waals surface area contributed by atoms with Crippen LogP contribution in [0.2, 0.25) is 0 Å². The Balaban J connectivity index is 0.00000380. The second-order valence-corrected chi connectivity index (χ2v) is 12.2. The Morgan fingerprint density at radius 2 is 1.89 bits per heavy atom. The summed E-state index contributed by atoms with van der Waals surface area (Å²) in [6.45, 7) is 3.51. The molecule has 1 atom stereocenters. The number of fused-ring (bicyclic) bond motifs is 1. The maximum Gasteiger partial charge on any atom is 0.241 e. The topological polar surface area (TPSA) is 98.4 Å². The predicted molar refractivity (Wildman–Crippen MR) is 154 cm³/mol. The number of halogens is 1. The fourth-order valence-electron chi connectivity index (χ4n) is 4.73. The monoisotopic (exact) mass is 565 g/mol. The molecule has 1 amide bonds. The second kappa shape index (κ2) is 13.0. The van der Waals surface area contributed by atoms with E-state index < -0.39 is 16.1 Å². The third-order valence-electron chi connectivity index (χ3n) is 6.83. The van der Waals surface area contributed by atoms with E-state index in [2.05, 4.69) is 21.6 Å². The van der Waals surface area contributed by atoms with Crippen molar-refractivity contribution in [2.45, 2.75) is 42.9 Å². The molecular formula is C26H36ClN5O3S2. The van der Waals surface area contributed by atoms with Gasteiger partial charge in [-0.3, -0.25) is 4.79 Å². The van der Waals surface area contributed by atoms with Gasteiger partial charge in [0.2, 0.25) is 15.9 Å². The number of aromatic nitrogens is 2. The molecule has 2 N–H and O–H groups in total. The fraction of sp³-hybridized carbons (Fsp3) is 0.462. The van der Waals surface area contributed by atoms with Gasteiger partial charge >= 0.3 is 0 Å². The minimum atomic E-state index is -3.96. The number of carbonyl (C=O) groups excluding carboxylic acids is 1. The number of benzene rings is 2. The van der Waals surface area contributed by atoms with Gasteiger partial charge in [0.05, 0.1) is 11.2 Å². The Labute approximate surface area is 230 Å². The van der Waals surface area contributed by atoms with E-state index in [1.807, 2.05) is 48.2 Å². The number of anilines is 1. The molecule has 1 aromatic heterocycles. The minimum Gasteiger partial charge on any atom is -0.377 e. The number of carbonyl (C=O) groups is 1. The van der Waals surface area contributed by atoms with E-state index in [4.69, 9.17) is 0 Å². The summed E-state index contributed by atoms with van der Waals surface area (Å²) in [5, 5.41) is 1.49. The summed E-state index contributed by atoms with van der Waals surface area (Å²) in [7, 11) is -0.0973. The van der Waals surface area contributed by atoms with E-state index in [0.717, 1.165) is 36.0 Å². The van der Waals surface area contributed by atoms with Gasteiger partial charge < -0.3 is 14.8 Å². The van der Waals surface area contributed by atoms with E-state index in [1.54, 1.807) is 24.7 Å². The van der Waals surface area contributed by atoms with Gasteiger partial charge in [0.15, 0.2) is 0 Å². The fourth-order valence-corrected chi connectivity index (χ4v) is 7.20. The number of hydrogen-bond acceptors (Lipinski definition) is 6. The van der Waals surface area contributed by atoms with Crippen molar-refractivity contribution >= 4 is 56.6 Å². The van der Waals surface area contributed by atoms with E-state index in [0.29, 0.717) is 35.9 Å². The Morgan fingerprint density at radius 3 is 2.54 bits per heavy atom. The molecule has 0 radical (unpaired) electrons. The summed E-state index contributed by atoms with van der Waals surface area (Å²) in [5.41, 5.74) is 1.87. The van der Waals surface area contributed by atoms with Crippen LogP contribution in [0.5, 0.6) is 0 Å². The van der Waals surface area contributed by atoms with E-state index in [1.165, 1.54) is 11.8 Å². The normalized spacial score (nSPS) is 15.4. The Kier molecular flexibility index (Phi) is 10.3. The van der Waals surface area contributed by atoms with Crippen LogP contribution in [-0.4, -0.2) is 68.2 Å². The summed E-state index contributed by atoms with van der Waals surface area (Å²) >= 11 is 1.51. The summed E-state index contributed by atoms with van der Waals surface area (Å²) in [5.74, 6) is 1.42. The zero-order valence-electron chi connectivity index (χ0n) is 21.5. The standard InChI is InChI=1S/C26H35N5O3S2.ClH/c1-4-19-11-13-31(14-12-19)26(32)23(17-35-16-20-15-27-18-28-20)29-36(33,34)25-10-6-7-21-22(25)8-5-9-24(21)30(2)3;/h5-10,15,18-19,23,29H,4,11-14,16-17H2,1-3H3,(H,27,28);1H/t23-;/m0./s1. The Bertz CT molecular complexity index is 1280. The molecule has 0 bridgehead atoms. The van der Waals surface area contributed by atoms with E-state index >= 15 is 0 Å². The molecule has 1 aliphatic heterocycles. The van der Waals surface area contributed by atoms with Crippen LogP contribution in [0, 0.1) is 5.92 Å². The van der Waals surface area contributed by atoms with Crippen LogP contribution in [0.1, 0.15) is 31.9 Å². The number of likely N-dealkylation sites (tertiary alicyclic amines) is 1. The van der Waals surface area contributed by atoms with Crippen molar-refractivity contribution in [1.82, 2.24) is 19.6 Å². The van der Waals surface area contributed by atoms with Crippen molar-refractivity contribution in [3.8, 4) is 0 Å². The lowest BCUT2D eigenvalue weighted by atomic mass is 9.94. The number of nitrogens with one attached hydrogen (secondary N) is 2. The lowest BCUT2D eigenvalue weighted by Gasteiger charge is -2.34. The number of imidazole rings is 1. The average molecular weight is 566 g/mol. The Hall–Kier alpha value is -2.27. The molecule has 1 aliphatic rings. The second-order valence-electron chi connectivity index (χ2n) is 9.47. The van der Waals surface area contributed by atoms with Crippen LogP contribution in [0.15, 0.2) is 53.8 Å². The first kappa shape index (κ1) is 29.3. The summed E-state index contributed by atoms with van der Waals surface area (Å²) in [6, 6.07) is 10.1. The summed E-state index contributed by atoms with van der Waals surface area (Å²) in [6.07, 6.45) is 6.37. The zero-order valence-corrected chi connectivity index (χ0v) is 24.0. The van der Waals surface area contributed by atoms with Crippen molar-refractivity contribution in [1.29, 1.82) is 0 Å². The highest BCUT2D eigenvalue weighted by Gasteiger charge is 2.32. The van der Waals surface area contributed by atoms with E-state index in [9.17, 15) is 13.2 Å². The highest BCUT2D eigenvalue weighted by Crippen LogP contribution is 2.30. The number of hydrogen-bond donors (Lipinski definition) is 2. The quantitative estimate of drug-likeness (QED) is 0.381. The number of amides is 1. The van der Waals surface area contributed by atoms with Crippen molar-refractivity contribution in [3.05, 3.63) is 54.6 Å². The van der Waals surface area contributed by atoms with Crippen LogP contribution in [-0.2, 0) is 20.6 Å². The smallest absolute Gasteiger partial charge is 0.241 e. The number of piperidine rings is 1. The van der Waals surface area contributed by atoms with Crippen LogP contribution in [0.25, 0.3) is 10.8 Å². The first-order valence-electron chi connectivity index (χ1n) is 12.3. The lowest BCUT2D eigenvalue weighted by Crippen LogP contribution is -2.51. The molecule has 1 fully saturated rings. The van der Waals surface area contributed by atoms with Gasteiger partial charge in [-0.05, 0) is 30.9 Å². The molecule has 0 aliphatic carbocycles. The molecule has 0 unspecified atom stereocenters. The van der Waals surface area contributed by atoms with Crippen molar-refractivity contribution < 1.29 is 13.2 Å². The third kappa shape index (κ3) is 6.98. The first-order valence-corrected chi connectivity index (χ1v) is 15.0. The average Bonchev–Trinajstić information content (AvgIpc) is 3.40. The Morgan fingerprint density at radius 1 is 1.19 bits per heavy atom. The molecule has 0 spiro atoms.